The van der Waals surface area contributed by atoms with E-state index in [4.69, 9.17) is 5.73 Å². The van der Waals surface area contributed by atoms with Crippen LogP contribution in [0.25, 0.3) is 10.9 Å². The Morgan fingerprint density at radius 3 is 2.71 bits per heavy atom. The summed E-state index contributed by atoms with van der Waals surface area (Å²) >= 11 is 0. The maximum Gasteiger partial charge on any atom is 0.0702 e. The van der Waals surface area contributed by atoms with Crippen LogP contribution in [0, 0.1) is 5.92 Å². The van der Waals surface area contributed by atoms with E-state index in [2.05, 4.69) is 41.2 Å². The van der Waals surface area contributed by atoms with Crippen molar-refractivity contribution in [2.45, 2.75) is 43.8 Å². The lowest BCUT2D eigenvalue weighted by atomic mass is 9.82. The van der Waals surface area contributed by atoms with Crippen LogP contribution in [0.4, 0.5) is 0 Å². The number of benzene rings is 1. The number of nitrogens with zero attached hydrogens (tertiary/aromatic N) is 2. The van der Waals surface area contributed by atoms with Gasteiger partial charge >= 0.3 is 0 Å². The van der Waals surface area contributed by atoms with Gasteiger partial charge in [0.05, 0.1) is 5.52 Å². The van der Waals surface area contributed by atoms with E-state index in [1.807, 2.05) is 12.3 Å². The van der Waals surface area contributed by atoms with Gasteiger partial charge in [-0.15, -0.1) is 0 Å². The van der Waals surface area contributed by atoms with E-state index in [0.717, 1.165) is 17.6 Å². The van der Waals surface area contributed by atoms with E-state index in [1.165, 1.54) is 36.6 Å². The van der Waals surface area contributed by atoms with Gasteiger partial charge in [-0.3, -0.25) is 4.98 Å². The standard InChI is InChI=1S/C18H23N3/c1-21-15-5-6-16(21)11-14(10-15)18(19)13-4-7-17-12(9-13)3-2-8-20-17/h2-4,7-9,14-16,18H,5-6,10-11,19H2,1H3. The second-order valence-corrected chi connectivity index (χ2v) is 6.76. The molecule has 2 fully saturated rings. The maximum absolute atomic E-state index is 6.62. The summed E-state index contributed by atoms with van der Waals surface area (Å²) in [6.45, 7) is 0. The fraction of sp³-hybridized carbons (Fsp3) is 0.500. The first-order valence-electron chi connectivity index (χ1n) is 8.04. The third kappa shape index (κ3) is 2.25. The molecule has 3 unspecified atom stereocenters. The number of pyridine rings is 1. The highest BCUT2D eigenvalue weighted by Gasteiger charge is 2.40. The van der Waals surface area contributed by atoms with Crippen molar-refractivity contribution in [3.05, 3.63) is 42.1 Å². The van der Waals surface area contributed by atoms with Gasteiger partial charge in [0, 0.05) is 29.7 Å². The molecular formula is C18H23N3. The second-order valence-electron chi connectivity index (χ2n) is 6.76. The Morgan fingerprint density at radius 2 is 1.95 bits per heavy atom. The molecule has 2 aromatic rings. The Balaban J connectivity index is 1.60. The molecule has 3 atom stereocenters. The van der Waals surface area contributed by atoms with E-state index >= 15 is 0 Å². The molecule has 1 aromatic carbocycles. The third-order valence-corrected chi connectivity index (χ3v) is 5.65. The van der Waals surface area contributed by atoms with Gasteiger partial charge in [0.15, 0.2) is 0 Å². The van der Waals surface area contributed by atoms with Crippen LogP contribution in [-0.4, -0.2) is 29.0 Å². The predicted molar refractivity (Wildman–Crippen MR) is 86.0 cm³/mol. The Kier molecular flexibility index (Phi) is 3.20. The van der Waals surface area contributed by atoms with Crippen LogP contribution in [-0.2, 0) is 0 Å². The summed E-state index contributed by atoms with van der Waals surface area (Å²) in [5.41, 5.74) is 8.94. The second kappa shape index (κ2) is 5.08. The highest BCUT2D eigenvalue weighted by Crippen LogP contribution is 2.41. The van der Waals surface area contributed by atoms with Gasteiger partial charge in [-0.2, -0.15) is 0 Å². The Bertz CT molecular complexity index is 640. The Hall–Kier alpha value is -1.45. The fourth-order valence-electron chi connectivity index (χ4n) is 4.32. The molecule has 2 saturated heterocycles. The van der Waals surface area contributed by atoms with Crippen LogP contribution in [0.15, 0.2) is 36.5 Å². The number of piperidine rings is 1. The normalized spacial score (nSPS) is 30.7. The average Bonchev–Trinajstić information content (AvgIpc) is 2.75. The van der Waals surface area contributed by atoms with Gasteiger partial charge in [0.2, 0.25) is 0 Å². The lowest BCUT2D eigenvalue weighted by Gasteiger charge is -2.39. The predicted octanol–water partition coefficient (Wildman–Crippen LogP) is 3.11. The van der Waals surface area contributed by atoms with Crippen molar-refractivity contribution >= 4 is 10.9 Å². The number of aromatic nitrogens is 1. The molecule has 0 saturated carbocycles. The first kappa shape index (κ1) is 13.2. The minimum atomic E-state index is 0.159. The van der Waals surface area contributed by atoms with Crippen molar-refractivity contribution < 1.29 is 0 Å². The van der Waals surface area contributed by atoms with Crippen molar-refractivity contribution in [3.63, 3.8) is 0 Å². The van der Waals surface area contributed by atoms with E-state index in [1.54, 1.807) is 0 Å². The summed E-state index contributed by atoms with van der Waals surface area (Å²) in [5, 5.41) is 1.20. The van der Waals surface area contributed by atoms with Crippen LogP contribution >= 0.6 is 0 Å². The zero-order valence-electron chi connectivity index (χ0n) is 12.6. The SMILES string of the molecule is CN1C2CCC1CC(C(N)c1ccc3ncccc3c1)C2. The van der Waals surface area contributed by atoms with Crippen molar-refractivity contribution in [3.8, 4) is 0 Å². The molecule has 2 N–H and O–H groups in total. The number of fused-ring (bicyclic) bond motifs is 3. The molecule has 0 aliphatic carbocycles. The average molecular weight is 281 g/mol. The molecule has 1 aromatic heterocycles. The van der Waals surface area contributed by atoms with Gasteiger partial charge in [0.1, 0.15) is 0 Å². The van der Waals surface area contributed by atoms with Gasteiger partial charge in [0.25, 0.3) is 0 Å². The molecule has 3 heteroatoms. The van der Waals surface area contributed by atoms with Crippen molar-refractivity contribution in [2.75, 3.05) is 7.05 Å². The number of rotatable bonds is 2. The molecule has 2 aliphatic rings. The summed E-state index contributed by atoms with van der Waals surface area (Å²) in [6.07, 6.45) is 7.05. The highest BCUT2D eigenvalue weighted by atomic mass is 15.2. The monoisotopic (exact) mass is 281 g/mol. The zero-order valence-corrected chi connectivity index (χ0v) is 12.6. The first-order chi connectivity index (χ1) is 10.2. The molecule has 0 amide bonds. The summed E-state index contributed by atoms with van der Waals surface area (Å²) in [5.74, 6) is 0.618. The number of hydrogen-bond donors (Lipinski definition) is 1. The van der Waals surface area contributed by atoms with Crippen LogP contribution in [0.5, 0.6) is 0 Å². The summed E-state index contributed by atoms with van der Waals surface area (Å²) in [6, 6.07) is 12.3. The minimum absolute atomic E-state index is 0.159. The van der Waals surface area contributed by atoms with Crippen LogP contribution in [0.2, 0.25) is 0 Å². The Morgan fingerprint density at radius 1 is 1.19 bits per heavy atom. The van der Waals surface area contributed by atoms with Gasteiger partial charge in [-0.1, -0.05) is 12.1 Å². The van der Waals surface area contributed by atoms with Gasteiger partial charge in [-0.25, -0.2) is 0 Å². The summed E-state index contributed by atoms with van der Waals surface area (Å²) in [4.78, 5) is 6.97. The molecular weight excluding hydrogens is 258 g/mol. The minimum Gasteiger partial charge on any atom is -0.324 e. The molecule has 2 aliphatic heterocycles. The van der Waals surface area contributed by atoms with Crippen molar-refractivity contribution in [2.24, 2.45) is 11.7 Å². The molecule has 21 heavy (non-hydrogen) atoms. The lowest BCUT2D eigenvalue weighted by Crippen LogP contribution is -2.42. The largest absolute Gasteiger partial charge is 0.324 e. The molecule has 4 rings (SSSR count). The van der Waals surface area contributed by atoms with Crippen molar-refractivity contribution in [1.29, 1.82) is 0 Å². The quantitative estimate of drug-likeness (QED) is 0.919. The van der Waals surface area contributed by atoms with Crippen molar-refractivity contribution in [1.82, 2.24) is 9.88 Å². The number of hydrogen-bond acceptors (Lipinski definition) is 3. The van der Waals surface area contributed by atoms with Crippen LogP contribution < -0.4 is 5.73 Å². The molecule has 2 bridgehead atoms. The fourth-order valence-corrected chi connectivity index (χ4v) is 4.32. The molecule has 0 spiro atoms. The summed E-state index contributed by atoms with van der Waals surface area (Å²) in [7, 11) is 2.28. The zero-order chi connectivity index (χ0) is 14.4. The Labute approximate surface area is 126 Å². The third-order valence-electron chi connectivity index (χ3n) is 5.65. The number of nitrogens with two attached hydrogens (primary N) is 1. The molecule has 110 valence electrons. The van der Waals surface area contributed by atoms with E-state index in [0.29, 0.717) is 5.92 Å². The topological polar surface area (TPSA) is 42.1 Å². The lowest BCUT2D eigenvalue weighted by molar-refractivity contribution is 0.121. The van der Waals surface area contributed by atoms with E-state index < -0.39 is 0 Å². The highest BCUT2D eigenvalue weighted by molar-refractivity contribution is 5.79. The molecule has 3 heterocycles. The first-order valence-corrected chi connectivity index (χ1v) is 8.04. The summed E-state index contributed by atoms with van der Waals surface area (Å²) < 4.78 is 0. The smallest absolute Gasteiger partial charge is 0.0702 e. The molecule has 3 nitrogen and oxygen atoms in total. The van der Waals surface area contributed by atoms with Gasteiger partial charge in [-0.05, 0) is 62.4 Å². The van der Waals surface area contributed by atoms with E-state index in [-0.39, 0.29) is 6.04 Å². The van der Waals surface area contributed by atoms with Gasteiger partial charge < -0.3 is 10.6 Å². The van der Waals surface area contributed by atoms with Crippen LogP contribution in [0.3, 0.4) is 0 Å². The van der Waals surface area contributed by atoms with Crippen LogP contribution in [0.1, 0.15) is 37.3 Å². The maximum atomic E-state index is 6.62. The van der Waals surface area contributed by atoms with E-state index in [9.17, 15) is 0 Å². The molecule has 0 radical (unpaired) electrons.